The summed E-state index contributed by atoms with van der Waals surface area (Å²) in [7, 11) is -4.27. The van der Waals surface area contributed by atoms with Crippen molar-refractivity contribution in [3.8, 4) is 0 Å². The zero-order chi connectivity index (χ0) is 15.7. The van der Waals surface area contributed by atoms with Gasteiger partial charge in [-0.15, -0.1) is 0 Å². The predicted molar refractivity (Wildman–Crippen MR) is 84.1 cm³/mol. The van der Waals surface area contributed by atoms with Gasteiger partial charge in [-0.3, -0.25) is 0 Å². The van der Waals surface area contributed by atoms with Crippen LogP contribution >= 0.6 is 30.3 Å². The summed E-state index contributed by atoms with van der Waals surface area (Å²) < 4.78 is 65.4. The van der Waals surface area contributed by atoms with E-state index in [-0.39, 0.29) is 12.2 Å². The minimum Gasteiger partial charge on any atom is -0.380 e. The molecule has 0 bridgehead atoms. The monoisotopic (exact) mass is 451 g/mol. The fourth-order valence-electron chi connectivity index (χ4n) is 1.74. The molecule has 0 fully saturated rings. The molecule has 1 aromatic rings. The van der Waals surface area contributed by atoms with Gasteiger partial charge in [-0.25, -0.2) is 0 Å². The number of rotatable bonds is 3. The molecule has 1 aliphatic heterocycles. The Hall–Kier alpha value is -0.620. The van der Waals surface area contributed by atoms with Crippen LogP contribution < -0.4 is 4.31 Å². The molecule has 0 spiro atoms. The number of benzene rings is 1. The SMILES string of the molecule is O=S(=O)(OC1=Cc2ccccc2N(SI)CC1)C(F)(F)F. The highest BCUT2D eigenvalue weighted by molar-refractivity contribution is 14.2. The molecule has 4 nitrogen and oxygen atoms in total. The molecule has 0 saturated heterocycles. The van der Waals surface area contributed by atoms with Crippen LogP contribution in [0.1, 0.15) is 12.0 Å². The van der Waals surface area contributed by atoms with Gasteiger partial charge >= 0.3 is 15.6 Å². The highest BCUT2D eigenvalue weighted by Gasteiger charge is 2.48. The molecule has 0 saturated carbocycles. The molecule has 0 aromatic heterocycles. The first-order valence-electron chi connectivity index (χ1n) is 5.61. The molecule has 0 amide bonds. The van der Waals surface area contributed by atoms with Crippen molar-refractivity contribution in [1.29, 1.82) is 0 Å². The Balaban J connectivity index is 2.35. The quantitative estimate of drug-likeness (QED) is 0.300. The molecular formula is C11H9F3INO3S2. The van der Waals surface area contributed by atoms with Crippen molar-refractivity contribution in [3.63, 3.8) is 0 Å². The van der Waals surface area contributed by atoms with E-state index < -0.39 is 15.6 Å². The Morgan fingerprint density at radius 2 is 1.95 bits per heavy atom. The van der Waals surface area contributed by atoms with Crippen LogP contribution in [0.15, 0.2) is 30.0 Å². The van der Waals surface area contributed by atoms with Crippen LogP contribution in [-0.2, 0) is 14.3 Å². The lowest BCUT2D eigenvalue weighted by Gasteiger charge is -2.19. The molecule has 21 heavy (non-hydrogen) atoms. The Labute approximate surface area is 136 Å². The first-order valence-corrected chi connectivity index (χ1v) is 10.3. The Morgan fingerprint density at radius 3 is 2.57 bits per heavy atom. The van der Waals surface area contributed by atoms with Crippen LogP contribution in [0.2, 0.25) is 0 Å². The summed E-state index contributed by atoms with van der Waals surface area (Å²) in [6.07, 6.45) is 1.38. The highest BCUT2D eigenvalue weighted by atomic mass is 127. The van der Waals surface area contributed by atoms with E-state index in [2.05, 4.69) is 4.18 Å². The average molecular weight is 451 g/mol. The van der Waals surface area contributed by atoms with Crippen LogP contribution in [0.5, 0.6) is 0 Å². The number of para-hydroxylation sites is 1. The fraction of sp³-hybridized carbons (Fsp3) is 0.273. The Morgan fingerprint density at radius 1 is 1.29 bits per heavy atom. The van der Waals surface area contributed by atoms with E-state index in [9.17, 15) is 21.6 Å². The summed E-state index contributed by atoms with van der Waals surface area (Å²) in [6.45, 7) is 0.337. The van der Waals surface area contributed by atoms with Gasteiger partial charge in [0.1, 0.15) is 5.76 Å². The lowest BCUT2D eigenvalue weighted by atomic mass is 10.1. The summed E-state index contributed by atoms with van der Waals surface area (Å²) >= 11 is 2.05. The summed E-state index contributed by atoms with van der Waals surface area (Å²) in [5.74, 6) is -0.229. The highest BCUT2D eigenvalue weighted by Crippen LogP contribution is 2.36. The number of hydrogen-bond acceptors (Lipinski definition) is 5. The third-order valence-corrected chi connectivity index (χ3v) is 5.64. The van der Waals surface area contributed by atoms with Gasteiger partial charge in [0.05, 0.1) is 5.69 Å². The number of hydrogen-bond donors (Lipinski definition) is 0. The number of fused-ring (bicyclic) bond motifs is 1. The standard InChI is InChI=1S/C11H9F3INO3S2/c12-11(13,14)21(17,18)19-9-5-6-16(20-15)10-4-2-1-3-8(10)7-9/h1-4,7H,5-6H2. The molecular weight excluding hydrogens is 442 g/mol. The number of alkyl halides is 3. The normalized spacial score (nSPS) is 16.0. The van der Waals surface area contributed by atoms with E-state index in [4.69, 9.17) is 0 Å². The van der Waals surface area contributed by atoms with Crippen molar-refractivity contribution in [1.82, 2.24) is 0 Å². The zero-order valence-electron chi connectivity index (χ0n) is 10.3. The molecule has 116 valence electrons. The smallest absolute Gasteiger partial charge is 0.380 e. The molecule has 10 heteroatoms. The van der Waals surface area contributed by atoms with E-state index >= 15 is 0 Å². The van der Waals surface area contributed by atoms with Gasteiger partial charge in [0.2, 0.25) is 0 Å². The Bertz CT molecular complexity index is 661. The van der Waals surface area contributed by atoms with Gasteiger partial charge in [-0.1, -0.05) is 18.2 Å². The average Bonchev–Trinajstić information content (AvgIpc) is 2.55. The van der Waals surface area contributed by atoms with Crippen molar-refractivity contribution in [2.45, 2.75) is 11.9 Å². The van der Waals surface area contributed by atoms with Gasteiger partial charge in [-0.05, 0) is 12.1 Å². The van der Waals surface area contributed by atoms with Crippen molar-refractivity contribution in [2.75, 3.05) is 10.8 Å². The van der Waals surface area contributed by atoms with Crippen LogP contribution in [0, 0.1) is 0 Å². The van der Waals surface area contributed by atoms with Gasteiger partial charge in [0.15, 0.2) is 0 Å². The molecule has 0 N–H and O–H groups in total. The molecule has 1 aliphatic rings. The third-order valence-electron chi connectivity index (χ3n) is 2.67. The second kappa shape index (κ2) is 6.24. The first-order chi connectivity index (χ1) is 9.74. The second-order valence-electron chi connectivity index (χ2n) is 4.07. The zero-order valence-corrected chi connectivity index (χ0v) is 14.1. The first kappa shape index (κ1) is 16.7. The fourth-order valence-corrected chi connectivity index (χ4v) is 3.88. The van der Waals surface area contributed by atoms with E-state index in [0.717, 1.165) is 5.69 Å². The molecule has 0 aliphatic carbocycles. The maximum absolute atomic E-state index is 12.4. The molecule has 1 aromatic carbocycles. The van der Waals surface area contributed by atoms with Gasteiger partial charge < -0.3 is 8.49 Å². The van der Waals surface area contributed by atoms with E-state index in [1.54, 1.807) is 24.3 Å². The van der Waals surface area contributed by atoms with Crippen molar-refractivity contribution in [2.24, 2.45) is 0 Å². The molecule has 1 heterocycles. The van der Waals surface area contributed by atoms with Crippen LogP contribution in [0.4, 0.5) is 18.9 Å². The van der Waals surface area contributed by atoms with E-state index in [0.29, 0.717) is 12.1 Å². The summed E-state index contributed by atoms with van der Waals surface area (Å²) in [6, 6.07) is 7.00. The van der Waals surface area contributed by atoms with Crippen molar-refractivity contribution >= 4 is 52.2 Å². The van der Waals surface area contributed by atoms with Gasteiger partial charge in [0.25, 0.3) is 0 Å². The van der Waals surface area contributed by atoms with Gasteiger partial charge in [0, 0.05) is 48.9 Å². The molecule has 0 unspecified atom stereocenters. The summed E-state index contributed by atoms with van der Waals surface area (Å²) in [5, 5.41) is 0. The molecule has 0 atom stereocenters. The maximum atomic E-state index is 12.4. The van der Waals surface area contributed by atoms with Crippen molar-refractivity contribution in [3.05, 3.63) is 35.6 Å². The number of halogens is 4. The van der Waals surface area contributed by atoms with Crippen LogP contribution in [0.3, 0.4) is 0 Å². The minimum atomic E-state index is -5.64. The Kier molecular flexibility index (Phi) is 4.98. The molecule has 0 radical (unpaired) electrons. The van der Waals surface area contributed by atoms with E-state index in [1.165, 1.54) is 15.2 Å². The van der Waals surface area contributed by atoms with Gasteiger partial charge in [-0.2, -0.15) is 21.6 Å². The largest absolute Gasteiger partial charge is 0.534 e. The maximum Gasteiger partial charge on any atom is 0.534 e. The number of anilines is 1. The van der Waals surface area contributed by atoms with Crippen molar-refractivity contribution < 1.29 is 25.8 Å². The second-order valence-corrected chi connectivity index (χ2v) is 7.37. The lowest BCUT2D eigenvalue weighted by Crippen LogP contribution is -2.25. The minimum absolute atomic E-state index is 0.0555. The third kappa shape index (κ3) is 3.77. The summed E-state index contributed by atoms with van der Waals surface area (Å²) in [5.41, 5.74) is -4.04. The summed E-state index contributed by atoms with van der Waals surface area (Å²) in [4.78, 5) is 0. The number of nitrogens with zero attached hydrogens (tertiary/aromatic N) is 1. The topological polar surface area (TPSA) is 46.6 Å². The predicted octanol–water partition coefficient (Wildman–Crippen LogP) is 4.10. The van der Waals surface area contributed by atoms with Crippen LogP contribution in [0.25, 0.3) is 6.08 Å². The molecule has 2 rings (SSSR count). The lowest BCUT2D eigenvalue weighted by molar-refractivity contribution is -0.0522. The van der Waals surface area contributed by atoms with Crippen LogP contribution in [-0.4, -0.2) is 20.5 Å². The van der Waals surface area contributed by atoms with E-state index in [1.807, 2.05) is 25.5 Å².